The van der Waals surface area contributed by atoms with Crippen molar-refractivity contribution in [2.45, 2.75) is 26.6 Å². The molecule has 19 heavy (non-hydrogen) atoms. The van der Waals surface area contributed by atoms with Crippen molar-refractivity contribution in [3.63, 3.8) is 0 Å². The molecule has 0 saturated carbocycles. The van der Waals surface area contributed by atoms with Gasteiger partial charge in [-0.1, -0.05) is 0 Å². The Balaban J connectivity index is 1.96. The second kappa shape index (κ2) is 6.10. The predicted molar refractivity (Wildman–Crippen MR) is 68.6 cm³/mol. The van der Waals surface area contributed by atoms with E-state index in [2.05, 4.69) is 15.3 Å². The average Bonchev–Trinajstić information content (AvgIpc) is 2.86. The molecule has 0 bridgehead atoms. The van der Waals surface area contributed by atoms with Gasteiger partial charge < -0.3 is 9.15 Å². The summed E-state index contributed by atoms with van der Waals surface area (Å²) in [6.07, 6.45) is 3.21. The molecule has 0 aliphatic rings. The molecule has 6 heteroatoms. The van der Waals surface area contributed by atoms with Gasteiger partial charge in [0, 0.05) is 12.4 Å². The first kappa shape index (κ1) is 13.2. The Bertz CT molecular complexity index is 537. The molecule has 2 heterocycles. The molecule has 1 amide bonds. The first-order valence-corrected chi connectivity index (χ1v) is 5.94. The molecule has 0 spiro atoms. The van der Waals surface area contributed by atoms with Crippen molar-refractivity contribution in [3.05, 3.63) is 42.1 Å². The highest BCUT2D eigenvalue weighted by atomic mass is 16.5. The molecule has 0 radical (unpaired) electrons. The number of ether oxygens (including phenoxy) is 1. The van der Waals surface area contributed by atoms with Crippen molar-refractivity contribution in [2.24, 2.45) is 0 Å². The fourth-order valence-corrected chi connectivity index (χ4v) is 1.35. The summed E-state index contributed by atoms with van der Waals surface area (Å²) in [7, 11) is 0. The maximum absolute atomic E-state index is 11.8. The topological polar surface area (TPSA) is 77.2 Å². The molecule has 0 aliphatic heterocycles. The normalized spacial score (nSPS) is 10.7. The van der Waals surface area contributed by atoms with Gasteiger partial charge in [0.2, 0.25) is 5.95 Å². The van der Waals surface area contributed by atoms with Gasteiger partial charge >= 0.3 is 0 Å². The van der Waals surface area contributed by atoms with E-state index in [1.807, 2.05) is 13.8 Å². The lowest BCUT2D eigenvalue weighted by Gasteiger charge is -2.04. The molecular formula is C13H15N3O3. The zero-order valence-electron chi connectivity index (χ0n) is 10.8. The number of anilines is 1. The fraction of sp³-hybridized carbons (Fsp3) is 0.308. The third-order valence-electron chi connectivity index (χ3n) is 2.24. The molecular weight excluding hydrogens is 246 g/mol. The zero-order valence-corrected chi connectivity index (χ0v) is 10.8. The van der Waals surface area contributed by atoms with E-state index in [9.17, 15) is 4.79 Å². The van der Waals surface area contributed by atoms with Crippen molar-refractivity contribution < 1.29 is 13.9 Å². The highest BCUT2D eigenvalue weighted by molar-refractivity contribution is 6.01. The van der Waals surface area contributed by atoms with E-state index in [4.69, 9.17) is 9.15 Å². The van der Waals surface area contributed by atoms with E-state index >= 15 is 0 Å². The van der Waals surface area contributed by atoms with E-state index in [0.717, 1.165) is 0 Å². The van der Waals surface area contributed by atoms with Crippen LogP contribution < -0.4 is 5.32 Å². The Morgan fingerprint density at radius 2 is 2.11 bits per heavy atom. The van der Waals surface area contributed by atoms with E-state index in [1.165, 1.54) is 0 Å². The lowest BCUT2D eigenvalue weighted by Crippen LogP contribution is -2.13. The molecule has 0 saturated heterocycles. The molecule has 2 rings (SSSR count). The van der Waals surface area contributed by atoms with E-state index < -0.39 is 0 Å². The average molecular weight is 261 g/mol. The first-order chi connectivity index (χ1) is 9.15. The van der Waals surface area contributed by atoms with Gasteiger partial charge in [-0.3, -0.25) is 10.1 Å². The van der Waals surface area contributed by atoms with Gasteiger partial charge in [0.25, 0.3) is 5.91 Å². The predicted octanol–water partition coefficient (Wildman–Crippen LogP) is 2.25. The van der Waals surface area contributed by atoms with Crippen LogP contribution in [0.3, 0.4) is 0 Å². The maximum Gasteiger partial charge on any atom is 0.293 e. The molecule has 0 atom stereocenters. The van der Waals surface area contributed by atoms with Crippen LogP contribution in [0.1, 0.15) is 30.2 Å². The number of carbonyl (C=O) groups excluding carboxylic acids is 1. The molecule has 0 fully saturated rings. The molecule has 2 aromatic rings. The lowest BCUT2D eigenvalue weighted by atomic mass is 10.4. The van der Waals surface area contributed by atoms with Crippen LogP contribution in [0.2, 0.25) is 0 Å². The van der Waals surface area contributed by atoms with Crippen LogP contribution in [0.4, 0.5) is 5.95 Å². The van der Waals surface area contributed by atoms with Gasteiger partial charge in [0.05, 0.1) is 6.10 Å². The summed E-state index contributed by atoms with van der Waals surface area (Å²) in [4.78, 5) is 19.6. The number of nitrogens with zero attached hydrogens (tertiary/aromatic N) is 2. The third-order valence-corrected chi connectivity index (χ3v) is 2.24. The third kappa shape index (κ3) is 3.89. The van der Waals surface area contributed by atoms with Crippen LogP contribution in [0.25, 0.3) is 0 Å². The fourth-order valence-electron chi connectivity index (χ4n) is 1.35. The number of furan rings is 1. The number of carbonyl (C=O) groups is 1. The highest BCUT2D eigenvalue weighted by Crippen LogP contribution is 2.11. The summed E-state index contributed by atoms with van der Waals surface area (Å²) in [5.74, 6) is 0.661. The van der Waals surface area contributed by atoms with Gasteiger partial charge in [0.15, 0.2) is 5.76 Å². The van der Waals surface area contributed by atoms with Gasteiger partial charge in [-0.15, -0.1) is 0 Å². The Kier molecular flexibility index (Phi) is 4.25. The SMILES string of the molecule is CC(C)OCc1ccc(C(=O)Nc2ncccn2)o1. The molecule has 0 aromatic carbocycles. The Morgan fingerprint density at radius 1 is 1.37 bits per heavy atom. The van der Waals surface area contributed by atoms with Crippen LogP contribution in [0, 0.1) is 0 Å². The smallest absolute Gasteiger partial charge is 0.293 e. The number of amides is 1. The highest BCUT2D eigenvalue weighted by Gasteiger charge is 2.12. The van der Waals surface area contributed by atoms with Crippen molar-refractivity contribution in [2.75, 3.05) is 5.32 Å². The molecule has 100 valence electrons. The summed E-state index contributed by atoms with van der Waals surface area (Å²) in [5, 5.41) is 2.54. The Hall–Kier alpha value is -2.21. The molecule has 6 nitrogen and oxygen atoms in total. The van der Waals surface area contributed by atoms with E-state index in [0.29, 0.717) is 12.4 Å². The number of aromatic nitrogens is 2. The summed E-state index contributed by atoms with van der Waals surface area (Å²) in [6, 6.07) is 4.98. The number of hydrogen-bond donors (Lipinski definition) is 1. The second-order valence-electron chi connectivity index (χ2n) is 4.15. The maximum atomic E-state index is 11.8. The van der Waals surface area contributed by atoms with Crippen molar-refractivity contribution in [1.29, 1.82) is 0 Å². The van der Waals surface area contributed by atoms with Crippen molar-refractivity contribution >= 4 is 11.9 Å². The minimum absolute atomic E-state index is 0.111. The summed E-state index contributed by atoms with van der Waals surface area (Å²) in [5.41, 5.74) is 0. The molecule has 0 aliphatic carbocycles. The van der Waals surface area contributed by atoms with Crippen molar-refractivity contribution in [3.8, 4) is 0 Å². The zero-order chi connectivity index (χ0) is 13.7. The molecule has 2 aromatic heterocycles. The van der Waals surface area contributed by atoms with Crippen molar-refractivity contribution in [1.82, 2.24) is 9.97 Å². The van der Waals surface area contributed by atoms with Crippen LogP contribution in [-0.4, -0.2) is 22.0 Å². The van der Waals surface area contributed by atoms with Crippen LogP contribution >= 0.6 is 0 Å². The first-order valence-electron chi connectivity index (χ1n) is 5.94. The monoisotopic (exact) mass is 261 g/mol. The van der Waals surface area contributed by atoms with Gasteiger partial charge in [0.1, 0.15) is 12.4 Å². The lowest BCUT2D eigenvalue weighted by molar-refractivity contribution is 0.0537. The minimum atomic E-state index is -0.387. The van der Waals surface area contributed by atoms with Crippen LogP contribution in [-0.2, 0) is 11.3 Å². The summed E-state index contributed by atoms with van der Waals surface area (Å²) >= 11 is 0. The standard InChI is InChI=1S/C13H15N3O3/c1-9(2)18-8-10-4-5-11(19-10)12(17)16-13-14-6-3-7-15-13/h3-7,9H,8H2,1-2H3,(H,14,15,16,17). The number of nitrogens with one attached hydrogen (secondary N) is 1. The number of hydrogen-bond acceptors (Lipinski definition) is 5. The van der Waals surface area contributed by atoms with Gasteiger partial charge in [-0.25, -0.2) is 9.97 Å². The van der Waals surface area contributed by atoms with Crippen LogP contribution in [0.5, 0.6) is 0 Å². The summed E-state index contributed by atoms with van der Waals surface area (Å²) < 4.78 is 10.8. The van der Waals surface area contributed by atoms with E-state index in [-0.39, 0.29) is 23.7 Å². The quantitative estimate of drug-likeness (QED) is 0.893. The Labute approximate surface area is 110 Å². The minimum Gasteiger partial charge on any atom is -0.453 e. The summed E-state index contributed by atoms with van der Waals surface area (Å²) in [6.45, 7) is 4.21. The van der Waals surface area contributed by atoms with Gasteiger partial charge in [-0.2, -0.15) is 0 Å². The largest absolute Gasteiger partial charge is 0.453 e. The Morgan fingerprint density at radius 3 is 2.79 bits per heavy atom. The molecule has 1 N–H and O–H groups in total. The van der Waals surface area contributed by atoms with E-state index in [1.54, 1.807) is 30.6 Å². The number of rotatable bonds is 5. The van der Waals surface area contributed by atoms with Crippen LogP contribution in [0.15, 0.2) is 35.0 Å². The van der Waals surface area contributed by atoms with Gasteiger partial charge in [-0.05, 0) is 32.0 Å². The second-order valence-corrected chi connectivity index (χ2v) is 4.15. The molecule has 0 unspecified atom stereocenters.